The Labute approximate surface area is 174 Å². The first-order valence-corrected chi connectivity index (χ1v) is 10.9. The molecule has 1 heterocycles. The van der Waals surface area contributed by atoms with Crippen molar-refractivity contribution in [1.29, 1.82) is 0 Å². The third-order valence-corrected chi connectivity index (χ3v) is 6.35. The van der Waals surface area contributed by atoms with E-state index in [-0.39, 0.29) is 11.9 Å². The highest BCUT2D eigenvalue weighted by Gasteiger charge is 2.44. The largest absolute Gasteiger partial charge is 0.469 e. The number of esters is 1. The van der Waals surface area contributed by atoms with E-state index in [4.69, 9.17) is 4.74 Å². The Morgan fingerprint density at radius 2 is 2.00 bits per heavy atom. The van der Waals surface area contributed by atoms with Crippen molar-refractivity contribution < 1.29 is 9.53 Å². The van der Waals surface area contributed by atoms with Gasteiger partial charge in [0.05, 0.1) is 13.0 Å². The van der Waals surface area contributed by atoms with Crippen LogP contribution in [0.1, 0.15) is 48.8 Å². The van der Waals surface area contributed by atoms with Gasteiger partial charge in [-0.1, -0.05) is 37.3 Å². The molecule has 1 aliphatic heterocycles. The molecule has 4 nitrogen and oxygen atoms in total. The maximum absolute atomic E-state index is 11.7. The highest BCUT2D eigenvalue weighted by atomic mass is 16.5. The number of fused-ring (bicyclic) bond motifs is 1. The van der Waals surface area contributed by atoms with E-state index in [0.717, 1.165) is 19.5 Å². The molecule has 2 aromatic rings. The Kier molecular flexibility index (Phi) is 5.79. The molecule has 29 heavy (non-hydrogen) atoms. The first kappa shape index (κ1) is 19.8. The van der Waals surface area contributed by atoms with Gasteiger partial charge in [-0.3, -0.25) is 4.79 Å². The van der Waals surface area contributed by atoms with Crippen LogP contribution >= 0.6 is 0 Å². The predicted octanol–water partition coefficient (Wildman–Crippen LogP) is 4.76. The summed E-state index contributed by atoms with van der Waals surface area (Å²) in [4.78, 5) is 16.6. The number of methoxy groups -OCH3 is 1. The van der Waals surface area contributed by atoms with E-state index in [1.165, 1.54) is 61.0 Å². The van der Waals surface area contributed by atoms with Crippen molar-refractivity contribution in [3.63, 3.8) is 0 Å². The average molecular weight is 393 g/mol. The normalized spacial score (nSPS) is 20.2. The van der Waals surface area contributed by atoms with Gasteiger partial charge in [-0.15, -0.1) is 0 Å². The third-order valence-electron chi connectivity index (χ3n) is 6.35. The zero-order valence-electron chi connectivity index (χ0n) is 17.9. The fraction of sp³-hybridized carbons (Fsp3) is 0.480. The van der Waals surface area contributed by atoms with Crippen LogP contribution in [0.4, 0.5) is 11.4 Å². The molecule has 154 valence electrons. The van der Waals surface area contributed by atoms with Crippen LogP contribution in [0, 0.1) is 5.92 Å². The van der Waals surface area contributed by atoms with Crippen LogP contribution < -0.4 is 9.80 Å². The topological polar surface area (TPSA) is 32.8 Å². The summed E-state index contributed by atoms with van der Waals surface area (Å²) in [6.07, 6.45) is 4.52. The number of carbonyl (C=O) groups excluding carboxylic acids is 1. The summed E-state index contributed by atoms with van der Waals surface area (Å²) in [6, 6.07) is 15.5. The fourth-order valence-electron chi connectivity index (χ4n) is 4.74. The Balaban J connectivity index is 1.48. The summed E-state index contributed by atoms with van der Waals surface area (Å²) >= 11 is 0. The van der Waals surface area contributed by atoms with Crippen LogP contribution in [0.2, 0.25) is 0 Å². The second kappa shape index (κ2) is 8.48. The molecule has 0 radical (unpaired) electrons. The summed E-state index contributed by atoms with van der Waals surface area (Å²) < 4.78 is 4.87. The van der Waals surface area contributed by atoms with E-state index in [1.54, 1.807) is 0 Å². The SMILES string of the molecule is CCCN1CCCc2cccc(CN(C)c3ccc([C@@H]4C[C@H]4C(=O)OC)cc3)c21. The molecule has 4 rings (SSSR count). The first-order valence-electron chi connectivity index (χ1n) is 10.9. The number of carbonyl (C=O) groups is 1. The maximum atomic E-state index is 11.7. The zero-order valence-corrected chi connectivity index (χ0v) is 17.9. The number of nitrogens with zero attached hydrogens (tertiary/aromatic N) is 2. The summed E-state index contributed by atoms with van der Waals surface area (Å²) in [5.74, 6) is 0.288. The first-order chi connectivity index (χ1) is 14.1. The molecule has 2 atom stereocenters. The smallest absolute Gasteiger partial charge is 0.309 e. The number of para-hydroxylation sites is 1. The lowest BCUT2D eigenvalue weighted by Crippen LogP contribution is -2.32. The highest BCUT2D eigenvalue weighted by Crippen LogP contribution is 2.48. The van der Waals surface area contributed by atoms with Gasteiger partial charge in [-0.05, 0) is 60.4 Å². The second-order valence-corrected chi connectivity index (χ2v) is 8.43. The van der Waals surface area contributed by atoms with Crippen molar-refractivity contribution in [1.82, 2.24) is 0 Å². The van der Waals surface area contributed by atoms with E-state index in [2.05, 4.69) is 66.2 Å². The van der Waals surface area contributed by atoms with Crippen LogP contribution in [0.25, 0.3) is 0 Å². The van der Waals surface area contributed by atoms with E-state index in [0.29, 0.717) is 5.92 Å². The number of rotatable bonds is 7. The van der Waals surface area contributed by atoms with E-state index in [9.17, 15) is 4.79 Å². The summed E-state index contributed by atoms with van der Waals surface area (Å²) in [5.41, 5.74) is 6.81. The molecule has 1 aliphatic carbocycles. The second-order valence-electron chi connectivity index (χ2n) is 8.43. The molecule has 0 saturated heterocycles. The van der Waals surface area contributed by atoms with Crippen molar-refractivity contribution in [3.8, 4) is 0 Å². The molecule has 1 fully saturated rings. The van der Waals surface area contributed by atoms with Crippen molar-refractivity contribution in [2.75, 3.05) is 37.0 Å². The van der Waals surface area contributed by atoms with E-state index in [1.807, 2.05) is 0 Å². The van der Waals surface area contributed by atoms with Gasteiger partial charge in [0, 0.05) is 38.1 Å². The lowest BCUT2D eigenvalue weighted by molar-refractivity contribution is -0.142. The average Bonchev–Trinajstić information content (AvgIpc) is 3.55. The zero-order chi connectivity index (χ0) is 20.4. The number of hydrogen-bond donors (Lipinski definition) is 0. The molecule has 2 aromatic carbocycles. The Morgan fingerprint density at radius 3 is 2.72 bits per heavy atom. The van der Waals surface area contributed by atoms with Gasteiger partial charge in [0.15, 0.2) is 0 Å². The Bertz CT molecular complexity index is 862. The van der Waals surface area contributed by atoms with Gasteiger partial charge in [-0.25, -0.2) is 0 Å². The van der Waals surface area contributed by atoms with Gasteiger partial charge in [-0.2, -0.15) is 0 Å². The minimum Gasteiger partial charge on any atom is -0.469 e. The number of anilines is 2. The highest BCUT2D eigenvalue weighted by molar-refractivity contribution is 5.77. The molecule has 1 saturated carbocycles. The Hall–Kier alpha value is -2.49. The van der Waals surface area contributed by atoms with Crippen molar-refractivity contribution >= 4 is 17.3 Å². The lowest BCUT2D eigenvalue weighted by atomic mass is 9.97. The van der Waals surface area contributed by atoms with Crippen molar-refractivity contribution in [2.24, 2.45) is 5.92 Å². The third kappa shape index (κ3) is 4.12. The Morgan fingerprint density at radius 1 is 1.21 bits per heavy atom. The van der Waals surface area contributed by atoms with Gasteiger partial charge < -0.3 is 14.5 Å². The minimum absolute atomic E-state index is 0.0453. The van der Waals surface area contributed by atoms with E-state index >= 15 is 0 Å². The lowest BCUT2D eigenvalue weighted by Gasteiger charge is -2.34. The van der Waals surface area contributed by atoms with Crippen LogP contribution in [-0.2, 0) is 22.5 Å². The standard InChI is InChI=1S/C25H32N2O2/c1-4-14-27-15-6-9-19-7-5-8-20(24(19)27)17-26(2)21-12-10-18(11-13-21)22-16-23(22)25(28)29-3/h5,7-8,10-13,22-23H,4,6,9,14-17H2,1-3H3/t22-,23+/m0/s1. The summed E-state index contributed by atoms with van der Waals surface area (Å²) in [7, 11) is 3.63. The number of aryl methyl sites for hydroxylation is 1. The molecule has 2 aliphatic rings. The maximum Gasteiger partial charge on any atom is 0.309 e. The van der Waals surface area contributed by atoms with Gasteiger partial charge >= 0.3 is 5.97 Å². The quantitative estimate of drug-likeness (QED) is 0.636. The summed E-state index contributed by atoms with van der Waals surface area (Å²) in [5, 5.41) is 0. The molecule has 4 heteroatoms. The van der Waals surface area contributed by atoms with Crippen molar-refractivity contribution in [2.45, 2.75) is 45.1 Å². The molecule has 0 unspecified atom stereocenters. The number of hydrogen-bond acceptors (Lipinski definition) is 4. The minimum atomic E-state index is -0.0818. The monoisotopic (exact) mass is 392 g/mol. The molecule has 0 N–H and O–H groups in total. The number of ether oxygens (including phenoxy) is 1. The van der Waals surface area contributed by atoms with E-state index < -0.39 is 0 Å². The molecule has 0 amide bonds. The molecular formula is C25H32N2O2. The molecular weight excluding hydrogens is 360 g/mol. The van der Waals surface area contributed by atoms with Gasteiger partial charge in [0.2, 0.25) is 0 Å². The molecule has 0 spiro atoms. The predicted molar refractivity (Wildman–Crippen MR) is 119 cm³/mol. The van der Waals surface area contributed by atoms with Gasteiger partial charge in [0.1, 0.15) is 0 Å². The summed E-state index contributed by atoms with van der Waals surface area (Å²) in [6.45, 7) is 5.45. The van der Waals surface area contributed by atoms with Gasteiger partial charge in [0.25, 0.3) is 0 Å². The van der Waals surface area contributed by atoms with Crippen LogP contribution in [0.5, 0.6) is 0 Å². The fourth-order valence-corrected chi connectivity index (χ4v) is 4.74. The molecule has 0 bridgehead atoms. The number of benzene rings is 2. The van der Waals surface area contributed by atoms with Crippen molar-refractivity contribution in [3.05, 3.63) is 59.2 Å². The van der Waals surface area contributed by atoms with Crippen LogP contribution in [0.15, 0.2) is 42.5 Å². The van der Waals surface area contributed by atoms with Crippen LogP contribution in [-0.4, -0.2) is 33.2 Å². The van der Waals surface area contributed by atoms with Crippen LogP contribution in [0.3, 0.4) is 0 Å². The molecule has 0 aromatic heterocycles.